The molecule has 2 rings (SSSR count). The molecule has 140 valence electrons. The second-order valence-corrected chi connectivity index (χ2v) is 8.61. The number of hydrogen-bond acceptors (Lipinski definition) is 1. The lowest BCUT2D eigenvalue weighted by molar-refractivity contribution is -0.126. The van der Waals surface area contributed by atoms with Crippen molar-refractivity contribution in [3.05, 3.63) is 0 Å². The fourth-order valence-electron chi connectivity index (χ4n) is 4.80. The van der Waals surface area contributed by atoms with Crippen molar-refractivity contribution in [2.24, 2.45) is 17.8 Å². The number of carbonyl (C=O) groups excluding carboxylic acids is 1. The Morgan fingerprint density at radius 2 is 1.38 bits per heavy atom. The van der Waals surface area contributed by atoms with Crippen LogP contribution in [-0.2, 0) is 4.79 Å². The summed E-state index contributed by atoms with van der Waals surface area (Å²) >= 11 is 0. The highest BCUT2D eigenvalue weighted by molar-refractivity contribution is 5.78. The van der Waals surface area contributed by atoms with Crippen LogP contribution in [-0.4, -0.2) is 11.9 Å². The molecular formula is C22H41NO. The maximum atomic E-state index is 12.7. The smallest absolute Gasteiger partial charge is 0.223 e. The van der Waals surface area contributed by atoms with Crippen LogP contribution in [0.1, 0.15) is 110 Å². The number of carbonyl (C=O) groups is 1. The minimum atomic E-state index is 0.297. The standard InChI is InChI=1S/C22H41NO/c1-3-18(2)19-12-9-10-16-21(17-11-15-19)23-22(24)20-13-7-5-4-6-8-14-20/h18-21H,3-17H2,1-2H3,(H,23,24). The molecule has 2 fully saturated rings. The maximum Gasteiger partial charge on any atom is 0.223 e. The molecule has 24 heavy (non-hydrogen) atoms. The Balaban J connectivity index is 1.79. The van der Waals surface area contributed by atoms with Gasteiger partial charge in [0, 0.05) is 12.0 Å². The van der Waals surface area contributed by atoms with Crippen molar-refractivity contribution in [3.8, 4) is 0 Å². The second kappa shape index (κ2) is 11.2. The zero-order valence-corrected chi connectivity index (χ0v) is 16.3. The zero-order chi connectivity index (χ0) is 17.2. The summed E-state index contributed by atoms with van der Waals surface area (Å²) in [5, 5.41) is 3.45. The van der Waals surface area contributed by atoms with Gasteiger partial charge in [-0.25, -0.2) is 0 Å². The maximum absolute atomic E-state index is 12.7. The van der Waals surface area contributed by atoms with E-state index in [4.69, 9.17) is 0 Å². The van der Waals surface area contributed by atoms with Crippen molar-refractivity contribution in [3.63, 3.8) is 0 Å². The van der Waals surface area contributed by atoms with Gasteiger partial charge in [-0.1, -0.05) is 84.5 Å². The Labute approximate surface area is 150 Å². The van der Waals surface area contributed by atoms with E-state index in [1.807, 2.05) is 0 Å². The molecule has 0 aromatic rings. The molecule has 2 heteroatoms. The van der Waals surface area contributed by atoms with E-state index in [2.05, 4.69) is 19.2 Å². The predicted molar refractivity (Wildman–Crippen MR) is 103 cm³/mol. The van der Waals surface area contributed by atoms with Crippen LogP contribution >= 0.6 is 0 Å². The van der Waals surface area contributed by atoms with Crippen molar-refractivity contribution in [1.82, 2.24) is 5.32 Å². The van der Waals surface area contributed by atoms with Crippen LogP contribution in [0.3, 0.4) is 0 Å². The van der Waals surface area contributed by atoms with E-state index >= 15 is 0 Å². The third-order valence-corrected chi connectivity index (χ3v) is 6.78. The van der Waals surface area contributed by atoms with Crippen LogP contribution < -0.4 is 5.32 Å². The second-order valence-electron chi connectivity index (χ2n) is 8.61. The van der Waals surface area contributed by atoms with Gasteiger partial charge in [0.25, 0.3) is 0 Å². The summed E-state index contributed by atoms with van der Waals surface area (Å²) in [6.45, 7) is 4.76. The van der Waals surface area contributed by atoms with Gasteiger partial charge in [0.05, 0.1) is 0 Å². The van der Waals surface area contributed by atoms with Crippen LogP contribution in [0.15, 0.2) is 0 Å². The highest BCUT2D eigenvalue weighted by atomic mass is 16.1. The molecule has 2 saturated carbocycles. The summed E-state index contributed by atoms with van der Waals surface area (Å²) in [7, 11) is 0. The van der Waals surface area contributed by atoms with E-state index in [0.717, 1.165) is 24.7 Å². The molecule has 2 aliphatic rings. The molecule has 0 aliphatic heterocycles. The van der Waals surface area contributed by atoms with Crippen molar-refractivity contribution in [2.75, 3.05) is 0 Å². The van der Waals surface area contributed by atoms with Gasteiger partial charge in [0.2, 0.25) is 5.91 Å². The average molecular weight is 336 g/mol. The SMILES string of the molecule is CCC(C)C1CCCCC(NC(=O)C2CCCCCCC2)CCC1. The highest BCUT2D eigenvalue weighted by Gasteiger charge is 2.23. The first-order chi connectivity index (χ1) is 11.7. The fourth-order valence-corrected chi connectivity index (χ4v) is 4.80. The summed E-state index contributed by atoms with van der Waals surface area (Å²) in [5.41, 5.74) is 0. The molecule has 1 N–H and O–H groups in total. The van der Waals surface area contributed by atoms with E-state index in [-0.39, 0.29) is 0 Å². The molecule has 0 saturated heterocycles. The molecule has 3 atom stereocenters. The zero-order valence-electron chi connectivity index (χ0n) is 16.3. The first-order valence-corrected chi connectivity index (χ1v) is 11.0. The van der Waals surface area contributed by atoms with Crippen LogP contribution in [0.2, 0.25) is 0 Å². The molecule has 0 aromatic heterocycles. The lowest BCUT2D eigenvalue weighted by Crippen LogP contribution is -2.39. The van der Waals surface area contributed by atoms with Crippen LogP contribution in [0, 0.1) is 17.8 Å². The van der Waals surface area contributed by atoms with Gasteiger partial charge < -0.3 is 5.32 Å². The van der Waals surface area contributed by atoms with Crippen molar-refractivity contribution in [1.29, 1.82) is 0 Å². The van der Waals surface area contributed by atoms with E-state index in [1.54, 1.807) is 0 Å². The number of hydrogen-bond donors (Lipinski definition) is 1. The van der Waals surface area contributed by atoms with E-state index in [1.165, 1.54) is 83.5 Å². The molecule has 2 aliphatic carbocycles. The summed E-state index contributed by atoms with van der Waals surface area (Å²) in [6.07, 6.45) is 19.2. The lowest BCUT2D eigenvalue weighted by Gasteiger charge is -2.24. The summed E-state index contributed by atoms with van der Waals surface area (Å²) in [4.78, 5) is 12.7. The normalized spacial score (nSPS) is 29.4. The fraction of sp³-hybridized carbons (Fsp3) is 0.955. The predicted octanol–water partition coefficient (Wildman–Crippen LogP) is 6.24. The number of nitrogens with one attached hydrogen (secondary N) is 1. The van der Waals surface area contributed by atoms with E-state index in [0.29, 0.717) is 17.9 Å². The minimum Gasteiger partial charge on any atom is -0.353 e. The van der Waals surface area contributed by atoms with Gasteiger partial charge >= 0.3 is 0 Å². The van der Waals surface area contributed by atoms with Crippen molar-refractivity contribution < 1.29 is 4.79 Å². The molecule has 2 nitrogen and oxygen atoms in total. The summed E-state index contributed by atoms with van der Waals surface area (Å²) < 4.78 is 0. The topological polar surface area (TPSA) is 29.1 Å². The molecule has 0 radical (unpaired) electrons. The molecule has 0 spiro atoms. The first kappa shape index (κ1) is 19.8. The first-order valence-electron chi connectivity index (χ1n) is 11.0. The lowest BCUT2D eigenvalue weighted by atomic mass is 9.84. The Bertz CT molecular complexity index is 346. The highest BCUT2D eigenvalue weighted by Crippen LogP contribution is 2.30. The Kier molecular flexibility index (Phi) is 9.20. The third-order valence-electron chi connectivity index (χ3n) is 6.78. The molecule has 0 heterocycles. The Morgan fingerprint density at radius 3 is 2.08 bits per heavy atom. The van der Waals surface area contributed by atoms with Crippen LogP contribution in [0.25, 0.3) is 0 Å². The van der Waals surface area contributed by atoms with E-state index in [9.17, 15) is 4.79 Å². The molecule has 0 bridgehead atoms. The number of amides is 1. The minimum absolute atomic E-state index is 0.297. The van der Waals surface area contributed by atoms with Gasteiger partial charge in [0.1, 0.15) is 0 Å². The average Bonchev–Trinajstić information content (AvgIpc) is 2.66. The quantitative estimate of drug-likeness (QED) is 0.647. The third kappa shape index (κ3) is 6.76. The summed E-state index contributed by atoms with van der Waals surface area (Å²) in [5.74, 6) is 2.45. The molecule has 1 amide bonds. The monoisotopic (exact) mass is 335 g/mol. The largest absolute Gasteiger partial charge is 0.353 e. The summed E-state index contributed by atoms with van der Waals surface area (Å²) in [6, 6.07) is 0.443. The van der Waals surface area contributed by atoms with Gasteiger partial charge in [-0.2, -0.15) is 0 Å². The van der Waals surface area contributed by atoms with Crippen LogP contribution in [0.5, 0.6) is 0 Å². The van der Waals surface area contributed by atoms with Crippen molar-refractivity contribution >= 4 is 5.91 Å². The van der Waals surface area contributed by atoms with Gasteiger partial charge in [-0.05, 0) is 37.5 Å². The van der Waals surface area contributed by atoms with E-state index < -0.39 is 0 Å². The Hall–Kier alpha value is -0.530. The van der Waals surface area contributed by atoms with Crippen molar-refractivity contribution in [2.45, 2.75) is 116 Å². The van der Waals surface area contributed by atoms with Gasteiger partial charge in [0.15, 0.2) is 0 Å². The Morgan fingerprint density at radius 1 is 0.833 bits per heavy atom. The molecular weight excluding hydrogens is 294 g/mol. The van der Waals surface area contributed by atoms with Gasteiger partial charge in [-0.15, -0.1) is 0 Å². The molecule has 3 unspecified atom stereocenters. The van der Waals surface area contributed by atoms with Gasteiger partial charge in [-0.3, -0.25) is 4.79 Å². The number of rotatable bonds is 4. The van der Waals surface area contributed by atoms with Crippen LogP contribution in [0.4, 0.5) is 0 Å². The molecule has 0 aromatic carbocycles.